The van der Waals surface area contributed by atoms with E-state index in [2.05, 4.69) is 10.6 Å². The minimum absolute atomic E-state index is 0.0387. The lowest BCUT2D eigenvalue weighted by atomic mass is 9.76. The van der Waals surface area contributed by atoms with Crippen LogP contribution < -0.4 is 16.4 Å². The van der Waals surface area contributed by atoms with Gasteiger partial charge in [-0.2, -0.15) is 0 Å². The van der Waals surface area contributed by atoms with Crippen molar-refractivity contribution in [3.63, 3.8) is 0 Å². The van der Waals surface area contributed by atoms with Crippen LogP contribution in [0.4, 0.5) is 5.69 Å². The van der Waals surface area contributed by atoms with Crippen LogP contribution in [0.25, 0.3) is 0 Å². The number of hydrogen-bond donors (Lipinski definition) is 3. The summed E-state index contributed by atoms with van der Waals surface area (Å²) in [4.78, 5) is 53.0. The van der Waals surface area contributed by atoms with Crippen LogP contribution in [0.5, 0.6) is 0 Å². The van der Waals surface area contributed by atoms with Crippen molar-refractivity contribution in [2.45, 2.75) is 57.7 Å². The van der Waals surface area contributed by atoms with Crippen molar-refractivity contribution in [3.05, 3.63) is 28.3 Å². The van der Waals surface area contributed by atoms with Crippen LogP contribution in [0.3, 0.4) is 0 Å². The summed E-state index contributed by atoms with van der Waals surface area (Å²) in [5.74, 6) is -3.33. The van der Waals surface area contributed by atoms with E-state index in [4.69, 9.17) is 17.3 Å². The first kappa shape index (κ1) is 20.8. The van der Waals surface area contributed by atoms with Gasteiger partial charge in [0.25, 0.3) is 0 Å². The molecule has 0 aromatic heterocycles. The molecule has 1 aromatic carbocycles. The number of aryl methyl sites for hydroxylation is 1. The maximum absolute atomic E-state index is 13.6. The largest absolute Gasteiger partial charge is 0.370 e. The number of benzene rings is 1. The molecule has 3 aliphatic heterocycles. The first-order valence-corrected chi connectivity index (χ1v) is 10.3. The van der Waals surface area contributed by atoms with E-state index in [1.54, 1.807) is 32.9 Å². The van der Waals surface area contributed by atoms with Crippen molar-refractivity contribution in [2.24, 2.45) is 17.6 Å². The van der Waals surface area contributed by atoms with Gasteiger partial charge < -0.3 is 11.1 Å². The van der Waals surface area contributed by atoms with Gasteiger partial charge in [0.15, 0.2) is 0 Å². The monoisotopic (exact) mass is 432 g/mol. The van der Waals surface area contributed by atoms with Crippen molar-refractivity contribution in [1.29, 1.82) is 0 Å². The number of nitrogens with two attached hydrogens (primary N) is 1. The van der Waals surface area contributed by atoms with Gasteiger partial charge in [0.05, 0.1) is 11.8 Å². The maximum Gasteiger partial charge on any atom is 0.250 e. The van der Waals surface area contributed by atoms with E-state index in [-0.39, 0.29) is 18.7 Å². The van der Waals surface area contributed by atoms with Crippen LogP contribution in [-0.2, 0) is 24.7 Å². The molecular formula is C21H25ClN4O4. The predicted octanol–water partition coefficient (Wildman–Crippen LogP) is 1.43. The van der Waals surface area contributed by atoms with E-state index < -0.39 is 46.7 Å². The second-order valence-electron chi connectivity index (χ2n) is 9.35. The number of nitrogens with one attached hydrogen (secondary N) is 2. The normalized spacial score (nSPS) is 30.1. The van der Waals surface area contributed by atoms with E-state index in [0.717, 1.165) is 5.56 Å². The number of imide groups is 1. The second kappa shape index (κ2) is 6.52. The molecule has 4 rings (SSSR count). The number of hydrogen-bond acceptors (Lipinski definition) is 5. The molecule has 0 bridgehead atoms. The first-order valence-electron chi connectivity index (χ1n) is 9.95. The third kappa shape index (κ3) is 2.70. The fourth-order valence-corrected chi connectivity index (χ4v) is 5.51. The third-order valence-corrected chi connectivity index (χ3v) is 6.58. The highest BCUT2D eigenvalue weighted by atomic mass is 35.5. The second-order valence-corrected chi connectivity index (χ2v) is 9.79. The molecule has 4 unspecified atom stereocenters. The highest BCUT2D eigenvalue weighted by Crippen LogP contribution is 2.55. The molecule has 30 heavy (non-hydrogen) atoms. The van der Waals surface area contributed by atoms with Crippen LogP contribution >= 0.6 is 11.6 Å². The van der Waals surface area contributed by atoms with E-state index in [1.165, 1.54) is 4.90 Å². The average molecular weight is 433 g/mol. The minimum atomic E-state index is -1.43. The average Bonchev–Trinajstić information content (AvgIpc) is 3.18. The number of nitrogens with zero attached hydrogens (tertiary/aromatic N) is 1. The zero-order valence-electron chi connectivity index (χ0n) is 17.3. The number of rotatable bonds is 3. The molecule has 4 atom stereocenters. The highest BCUT2D eigenvalue weighted by molar-refractivity contribution is 6.31. The molecule has 4 amide bonds. The molecule has 3 heterocycles. The van der Waals surface area contributed by atoms with Gasteiger partial charge in [-0.05, 0) is 51.8 Å². The molecule has 9 heteroatoms. The highest BCUT2D eigenvalue weighted by Gasteiger charge is 2.71. The molecule has 1 aromatic rings. The molecule has 160 valence electrons. The van der Waals surface area contributed by atoms with Gasteiger partial charge in [-0.15, -0.1) is 0 Å². The van der Waals surface area contributed by atoms with Gasteiger partial charge >= 0.3 is 0 Å². The Bertz CT molecular complexity index is 1000. The number of likely N-dealkylation sites (tertiary alicyclic amines) is 1. The van der Waals surface area contributed by atoms with Crippen LogP contribution in [0.15, 0.2) is 12.1 Å². The van der Waals surface area contributed by atoms with Crippen molar-refractivity contribution in [3.8, 4) is 0 Å². The lowest BCUT2D eigenvalue weighted by Crippen LogP contribution is -2.55. The molecule has 0 aliphatic carbocycles. The SMILES string of the molecule is Cc1cc(Cl)cc2c1NC(=O)C21NC(CCC(N)=O)C2C(=O)N(C(C)(C)C)C(=O)C21. The number of carbonyl (C=O) groups excluding carboxylic acids is 4. The summed E-state index contributed by atoms with van der Waals surface area (Å²) >= 11 is 6.30. The van der Waals surface area contributed by atoms with E-state index in [9.17, 15) is 19.2 Å². The quantitative estimate of drug-likeness (QED) is 0.624. The molecule has 2 saturated heterocycles. The zero-order valence-corrected chi connectivity index (χ0v) is 18.1. The standard InChI is InChI=1S/C21H25ClN4O4/c1-9-7-10(22)8-11-16(9)24-19(30)21(11)15-14(12(25-21)5-6-13(23)27)17(28)26(18(15)29)20(2,3)4/h7-8,12,14-15,25H,5-6H2,1-4H3,(H2,23,27)(H,24,30). The van der Waals surface area contributed by atoms with Crippen molar-refractivity contribution < 1.29 is 19.2 Å². The molecule has 3 aliphatic rings. The van der Waals surface area contributed by atoms with E-state index >= 15 is 0 Å². The van der Waals surface area contributed by atoms with Gasteiger partial charge in [0.2, 0.25) is 23.6 Å². The molecule has 1 spiro atoms. The van der Waals surface area contributed by atoms with E-state index in [1.807, 2.05) is 6.92 Å². The number of halogens is 1. The molecule has 8 nitrogen and oxygen atoms in total. The summed E-state index contributed by atoms with van der Waals surface area (Å²) in [5, 5.41) is 6.58. The number of primary amides is 1. The number of fused-ring (bicyclic) bond motifs is 4. The Balaban J connectivity index is 1.90. The van der Waals surface area contributed by atoms with Gasteiger partial charge in [-0.25, -0.2) is 0 Å². The summed E-state index contributed by atoms with van der Waals surface area (Å²) in [5.41, 5.74) is 5.09. The van der Waals surface area contributed by atoms with Gasteiger partial charge in [0, 0.05) is 34.3 Å². The molecular weight excluding hydrogens is 408 g/mol. The Morgan fingerprint density at radius 1 is 1.23 bits per heavy atom. The molecule has 0 saturated carbocycles. The number of carbonyl (C=O) groups is 4. The van der Waals surface area contributed by atoms with E-state index in [0.29, 0.717) is 16.3 Å². The van der Waals surface area contributed by atoms with Crippen molar-refractivity contribution >= 4 is 40.9 Å². The Morgan fingerprint density at radius 2 is 1.90 bits per heavy atom. The lowest BCUT2D eigenvalue weighted by Gasteiger charge is -2.34. The molecule has 4 N–H and O–H groups in total. The van der Waals surface area contributed by atoms with Gasteiger partial charge in [0.1, 0.15) is 5.54 Å². The van der Waals surface area contributed by atoms with Gasteiger partial charge in [-0.1, -0.05) is 11.6 Å². The zero-order chi connectivity index (χ0) is 22.2. The maximum atomic E-state index is 13.6. The molecule has 2 fully saturated rings. The molecule has 0 radical (unpaired) electrons. The van der Waals surface area contributed by atoms with Crippen molar-refractivity contribution in [2.75, 3.05) is 5.32 Å². The minimum Gasteiger partial charge on any atom is -0.370 e. The fourth-order valence-electron chi connectivity index (χ4n) is 5.24. The fraction of sp³-hybridized carbons (Fsp3) is 0.524. The summed E-state index contributed by atoms with van der Waals surface area (Å²) in [7, 11) is 0. The number of anilines is 1. The Kier molecular flexibility index (Phi) is 4.52. The summed E-state index contributed by atoms with van der Waals surface area (Å²) in [6.07, 6.45) is 0.286. The van der Waals surface area contributed by atoms with Crippen molar-refractivity contribution in [1.82, 2.24) is 10.2 Å². The van der Waals surface area contributed by atoms with Gasteiger partial charge in [-0.3, -0.25) is 29.4 Å². The first-order chi connectivity index (χ1) is 13.9. The Labute approximate surface area is 179 Å². The lowest BCUT2D eigenvalue weighted by molar-refractivity contribution is -0.148. The summed E-state index contributed by atoms with van der Waals surface area (Å²) in [6.45, 7) is 7.17. The van der Waals surface area contributed by atoms with Crippen LogP contribution in [0.2, 0.25) is 5.02 Å². The Hall–Kier alpha value is -2.45. The van der Waals surface area contributed by atoms with Crippen LogP contribution in [0, 0.1) is 18.8 Å². The topological polar surface area (TPSA) is 122 Å². The summed E-state index contributed by atoms with van der Waals surface area (Å²) in [6, 6.07) is 2.85. The van der Waals surface area contributed by atoms with Crippen LogP contribution in [-0.4, -0.2) is 40.1 Å². The third-order valence-electron chi connectivity index (χ3n) is 6.36. The summed E-state index contributed by atoms with van der Waals surface area (Å²) < 4.78 is 0. The Morgan fingerprint density at radius 3 is 2.50 bits per heavy atom. The predicted molar refractivity (Wildman–Crippen MR) is 110 cm³/mol. The number of amides is 4. The van der Waals surface area contributed by atoms with Crippen LogP contribution in [0.1, 0.15) is 44.7 Å². The smallest absolute Gasteiger partial charge is 0.250 e.